The Bertz CT molecular complexity index is 479. The molecular weight excluding hydrogens is 298 g/mol. The van der Waals surface area contributed by atoms with Crippen molar-refractivity contribution in [2.45, 2.75) is 38.3 Å². The molecule has 1 N–H and O–H groups in total. The van der Waals surface area contributed by atoms with Crippen molar-refractivity contribution in [3.8, 4) is 0 Å². The topological polar surface area (TPSA) is 32.3 Å². The van der Waals surface area contributed by atoms with Crippen LogP contribution in [0.5, 0.6) is 0 Å². The first-order valence-corrected chi connectivity index (χ1v) is 6.97. The van der Waals surface area contributed by atoms with Crippen LogP contribution in [-0.2, 0) is 11.3 Å². The van der Waals surface area contributed by atoms with E-state index in [1.165, 1.54) is 12.5 Å². The zero-order valence-corrected chi connectivity index (χ0v) is 12.9. The normalized spacial score (nSPS) is 17.4. The Labute approximate surface area is 130 Å². The molecule has 1 fully saturated rings. The second kappa shape index (κ2) is 8.29. The predicted octanol–water partition coefficient (Wildman–Crippen LogP) is 2.88. The SMILES string of the molecule is CN(Cc1ccc(F)c(F)c1)C(=O)CCC1CCCN1.Cl. The molecule has 2 rings (SSSR count). The second-order valence-corrected chi connectivity index (χ2v) is 5.33. The molecule has 1 amide bonds. The summed E-state index contributed by atoms with van der Waals surface area (Å²) in [4.78, 5) is 13.5. The van der Waals surface area contributed by atoms with Gasteiger partial charge in [0.05, 0.1) is 0 Å². The highest BCUT2D eigenvalue weighted by molar-refractivity contribution is 5.85. The molecule has 21 heavy (non-hydrogen) atoms. The number of hydrogen-bond donors (Lipinski definition) is 1. The van der Waals surface area contributed by atoms with Crippen molar-refractivity contribution < 1.29 is 13.6 Å². The van der Waals surface area contributed by atoms with E-state index in [0.29, 0.717) is 24.6 Å². The minimum absolute atomic E-state index is 0. The molecule has 1 aliphatic heterocycles. The zero-order chi connectivity index (χ0) is 14.5. The number of carbonyl (C=O) groups excluding carboxylic acids is 1. The van der Waals surface area contributed by atoms with Crippen LogP contribution in [0, 0.1) is 11.6 Å². The summed E-state index contributed by atoms with van der Waals surface area (Å²) >= 11 is 0. The Morgan fingerprint density at radius 2 is 2.14 bits per heavy atom. The van der Waals surface area contributed by atoms with E-state index in [1.54, 1.807) is 11.9 Å². The molecule has 6 heteroatoms. The fraction of sp³-hybridized carbons (Fsp3) is 0.533. The maximum atomic E-state index is 13.1. The highest BCUT2D eigenvalue weighted by Crippen LogP contribution is 2.14. The van der Waals surface area contributed by atoms with E-state index < -0.39 is 11.6 Å². The van der Waals surface area contributed by atoms with Crippen LogP contribution in [0.1, 0.15) is 31.2 Å². The molecule has 0 radical (unpaired) electrons. The summed E-state index contributed by atoms with van der Waals surface area (Å²) in [6.45, 7) is 1.33. The number of benzene rings is 1. The molecule has 0 aliphatic carbocycles. The molecule has 0 bridgehead atoms. The van der Waals surface area contributed by atoms with Gasteiger partial charge in [-0.1, -0.05) is 6.07 Å². The highest BCUT2D eigenvalue weighted by atomic mass is 35.5. The number of carbonyl (C=O) groups is 1. The summed E-state index contributed by atoms with van der Waals surface area (Å²) in [7, 11) is 1.69. The van der Waals surface area contributed by atoms with Gasteiger partial charge in [-0.05, 0) is 43.5 Å². The number of rotatable bonds is 5. The molecule has 0 saturated carbocycles. The van der Waals surface area contributed by atoms with Gasteiger partial charge < -0.3 is 10.2 Å². The monoisotopic (exact) mass is 318 g/mol. The van der Waals surface area contributed by atoms with Gasteiger partial charge in [0.1, 0.15) is 0 Å². The lowest BCUT2D eigenvalue weighted by Gasteiger charge is -2.18. The molecule has 3 nitrogen and oxygen atoms in total. The zero-order valence-electron chi connectivity index (χ0n) is 12.1. The van der Waals surface area contributed by atoms with E-state index in [9.17, 15) is 13.6 Å². The van der Waals surface area contributed by atoms with E-state index in [0.717, 1.165) is 31.5 Å². The van der Waals surface area contributed by atoms with Gasteiger partial charge in [-0.3, -0.25) is 4.79 Å². The van der Waals surface area contributed by atoms with Crippen LogP contribution < -0.4 is 5.32 Å². The Balaban J connectivity index is 0.00000220. The van der Waals surface area contributed by atoms with Crippen molar-refractivity contribution >= 4 is 18.3 Å². The van der Waals surface area contributed by atoms with Crippen LogP contribution in [0.15, 0.2) is 18.2 Å². The summed E-state index contributed by atoms with van der Waals surface area (Å²) in [5.74, 6) is -1.71. The van der Waals surface area contributed by atoms with Gasteiger partial charge in [0.2, 0.25) is 5.91 Å². The first kappa shape index (κ1) is 17.9. The molecule has 1 unspecified atom stereocenters. The largest absolute Gasteiger partial charge is 0.341 e. The van der Waals surface area contributed by atoms with Crippen molar-refractivity contribution in [3.63, 3.8) is 0 Å². The van der Waals surface area contributed by atoms with Crippen LogP contribution in [0.2, 0.25) is 0 Å². The van der Waals surface area contributed by atoms with Gasteiger partial charge in [-0.25, -0.2) is 8.78 Å². The third-order valence-corrected chi connectivity index (χ3v) is 3.70. The Kier molecular flexibility index (Phi) is 7.05. The Hall–Kier alpha value is -1.20. The fourth-order valence-electron chi connectivity index (χ4n) is 2.49. The third-order valence-electron chi connectivity index (χ3n) is 3.70. The fourth-order valence-corrected chi connectivity index (χ4v) is 2.49. The van der Waals surface area contributed by atoms with Crippen molar-refractivity contribution in [2.24, 2.45) is 0 Å². The standard InChI is InChI=1S/C15H20F2N2O.ClH/c1-19(10-11-4-6-13(16)14(17)9-11)15(20)7-5-12-3-2-8-18-12;/h4,6,9,12,18H,2-3,5,7-8,10H2,1H3;1H. The molecule has 1 saturated heterocycles. The van der Waals surface area contributed by atoms with E-state index in [4.69, 9.17) is 0 Å². The van der Waals surface area contributed by atoms with Crippen molar-refractivity contribution in [3.05, 3.63) is 35.4 Å². The quantitative estimate of drug-likeness (QED) is 0.905. The Morgan fingerprint density at radius 1 is 1.38 bits per heavy atom. The molecule has 118 valence electrons. The van der Waals surface area contributed by atoms with Crippen molar-refractivity contribution in [2.75, 3.05) is 13.6 Å². The average Bonchev–Trinajstić information content (AvgIpc) is 2.93. The van der Waals surface area contributed by atoms with Crippen molar-refractivity contribution in [1.82, 2.24) is 10.2 Å². The lowest BCUT2D eigenvalue weighted by atomic mass is 10.1. The van der Waals surface area contributed by atoms with Gasteiger partial charge in [-0.15, -0.1) is 12.4 Å². The summed E-state index contributed by atoms with van der Waals surface area (Å²) in [6.07, 6.45) is 3.61. The number of amides is 1. The summed E-state index contributed by atoms with van der Waals surface area (Å²) in [6, 6.07) is 4.17. The maximum Gasteiger partial charge on any atom is 0.222 e. The van der Waals surface area contributed by atoms with E-state index in [-0.39, 0.29) is 18.3 Å². The lowest BCUT2D eigenvalue weighted by molar-refractivity contribution is -0.130. The summed E-state index contributed by atoms with van der Waals surface area (Å²) in [5.41, 5.74) is 0.596. The molecule has 1 aromatic rings. The smallest absolute Gasteiger partial charge is 0.222 e. The lowest BCUT2D eigenvalue weighted by Crippen LogP contribution is -2.29. The van der Waals surface area contributed by atoms with Gasteiger partial charge >= 0.3 is 0 Å². The number of halogens is 3. The minimum Gasteiger partial charge on any atom is -0.341 e. The molecule has 1 aliphatic rings. The van der Waals surface area contributed by atoms with Crippen LogP contribution in [0.25, 0.3) is 0 Å². The summed E-state index contributed by atoms with van der Waals surface area (Å²) in [5, 5.41) is 3.35. The van der Waals surface area contributed by atoms with E-state index >= 15 is 0 Å². The molecule has 1 heterocycles. The second-order valence-electron chi connectivity index (χ2n) is 5.33. The van der Waals surface area contributed by atoms with Crippen molar-refractivity contribution in [1.29, 1.82) is 0 Å². The predicted molar refractivity (Wildman–Crippen MR) is 80.3 cm³/mol. The Morgan fingerprint density at radius 3 is 2.76 bits per heavy atom. The average molecular weight is 319 g/mol. The first-order valence-electron chi connectivity index (χ1n) is 6.97. The third kappa shape index (κ3) is 5.25. The van der Waals surface area contributed by atoms with Gasteiger partial charge in [-0.2, -0.15) is 0 Å². The number of hydrogen-bond acceptors (Lipinski definition) is 2. The molecule has 1 atom stereocenters. The minimum atomic E-state index is -0.876. The highest BCUT2D eigenvalue weighted by Gasteiger charge is 2.17. The number of nitrogens with zero attached hydrogens (tertiary/aromatic N) is 1. The summed E-state index contributed by atoms with van der Waals surface area (Å²) < 4.78 is 25.9. The first-order chi connectivity index (χ1) is 9.56. The number of nitrogens with one attached hydrogen (secondary N) is 1. The molecular formula is C15H21ClF2N2O. The van der Waals surface area contributed by atoms with Crippen LogP contribution in [0.3, 0.4) is 0 Å². The van der Waals surface area contributed by atoms with Crippen LogP contribution in [0.4, 0.5) is 8.78 Å². The van der Waals surface area contributed by atoms with E-state index in [2.05, 4.69) is 5.32 Å². The van der Waals surface area contributed by atoms with Gasteiger partial charge in [0.25, 0.3) is 0 Å². The van der Waals surface area contributed by atoms with Gasteiger partial charge in [0.15, 0.2) is 11.6 Å². The van der Waals surface area contributed by atoms with Gasteiger partial charge in [0, 0.05) is 26.1 Å². The van der Waals surface area contributed by atoms with Crippen LogP contribution >= 0.6 is 12.4 Å². The maximum absolute atomic E-state index is 13.1. The molecule has 1 aromatic carbocycles. The van der Waals surface area contributed by atoms with Crippen LogP contribution in [-0.4, -0.2) is 30.4 Å². The molecule has 0 spiro atoms. The van der Waals surface area contributed by atoms with E-state index in [1.807, 2.05) is 0 Å². The molecule has 0 aromatic heterocycles.